The molecular formula is C28H25N3O4S. The van der Waals surface area contributed by atoms with Crippen molar-refractivity contribution in [2.45, 2.75) is 19.9 Å². The summed E-state index contributed by atoms with van der Waals surface area (Å²) in [4.78, 5) is 43.4. The Morgan fingerprint density at radius 2 is 1.86 bits per heavy atom. The maximum atomic E-state index is 12.5. The quantitative estimate of drug-likeness (QED) is 0.369. The lowest BCUT2D eigenvalue weighted by Crippen LogP contribution is -2.28. The minimum absolute atomic E-state index is 0.0893. The van der Waals surface area contributed by atoms with Crippen LogP contribution in [0.5, 0.6) is 0 Å². The molecule has 1 saturated heterocycles. The number of amides is 2. The summed E-state index contributed by atoms with van der Waals surface area (Å²) in [6, 6.07) is 23.2. The Balaban J connectivity index is 1.11. The van der Waals surface area contributed by atoms with E-state index in [0.717, 1.165) is 26.4 Å². The zero-order valence-corrected chi connectivity index (χ0v) is 20.6. The summed E-state index contributed by atoms with van der Waals surface area (Å²) in [5.41, 5.74) is 4.72. The fourth-order valence-electron chi connectivity index (χ4n) is 4.19. The first-order valence-electron chi connectivity index (χ1n) is 11.7. The molecule has 7 nitrogen and oxygen atoms in total. The molecule has 1 N–H and O–H groups in total. The molecule has 1 aliphatic heterocycles. The highest BCUT2D eigenvalue weighted by Gasteiger charge is 2.35. The molecule has 0 bridgehead atoms. The summed E-state index contributed by atoms with van der Waals surface area (Å²) in [7, 11) is 0. The molecule has 5 rings (SSSR count). The number of nitrogens with zero attached hydrogens (tertiary/aromatic N) is 2. The monoisotopic (exact) mass is 499 g/mol. The second-order valence-corrected chi connectivity index (χ2v) is 9.91. The van der Waals surface area contributed by atoms with Crippen molar-refractivity contribution >= 4 is 45.0 Å². The summed E-state index contributed by atoms with van der Waals surface area (Å²) in [5.74, 6) is -1.62. The fraction of sp³-hybridized carbons (Fsp3) is 0.214. The van der Waals surface area contributed by atoms with Crippen molar-refractivity contribution in [2.75, 3.05) is 18.5 Å². The number of ether oxygens (including phenoxy) is 1. The lowest BCUT2D eigenvalue weighted by Gasteiger charge is -2.16. The van der Waals surface area contributed by atoms with Crippen molar-refractivity contribution in [3.8, 4) is 10.6 Å². The molecule has 2 heterocycles. The van der Waals surface area contributed by atoms with Gasteiger partial charge in [-0.15, -0.1) is 11.3 Å². The molecule has 0 saturated carbocycles. The van der Waals surface area contributed by atoms with Gasteiger partial charge in [-0.1, -0.05) is 36.4 Å². The van der Waals surface area contributed by atoms with E-state index in [2.05, 4.69) is 23.3 Å². The number of carbonyl (C=O) groups is 3. The Labute approximate surface area is 212 Å². The van der Waals surface area contributed by atoms with E-state index in [1.165, 1.54) is 5.56 Å². The normalized spacial score (nSPS) is 15.3. The lowest BCUT2D eigenvalue weighted by atomic mass is 10.1. The minimum Gasteiger partial charge on any atom is -0.455 e. The van der Waals surface area contributed by atoms with Gasteiger partial charge in [-0.25, -0.2) is 4.98 Å². The van der Waals surface area contributed by atoms with E-state index in [9.17, 15) is 14.4 Å². The SMILES string of the molecule is Cc1ccc2nc(-c3ccc(NC(=O)COC(=O)C4CC(=O)N(Cc5ccccc5)C4)cc3)sc2c1. The number of esters is 1. The van der Waals surface area contributed by atoms with Crippen molar-refractivity contribution in [1.29, 1.82) is 0 Å². The second-order valence-electron chi connectivity index (χ2n) is 8.88. The van der Waals surface area contributed by atoms with Crippen LogP contribution in [0.3, 0.4) is 0 Å². The van der Waals surface area contributed by atoms with Crippen molar-refractivity contribution in [1.82, 2.24) is 9.88 Å². The van der Waals surface area contributed by atoms with Gasteiger partial charge >= 0.3 is 5.97 Å². The maximum Gasteiger partial charge on any atom is 0.311 e. The summed E-state index contributed by atoms with van der Waals surface area (Å²) in [6.07, 6.45) is 0.0973. The van der Waals surface area contributed by atoms with Crippen LogP contribution in [-0.2, 0) is 25.7 Å². The Morgan fingerprint density at radius 1 is 1.08 bits per heavy atom. The highest BCUT2D eigenvalue weighted by molar-refractivity contribution is 7.21. The van der Waals surface area contributed by atoms with Crippen molar-refractivity contribution in [3.05, 3.63) is 83.9 Å². The number of nitrogens with one attached hydrogen (secondary N) is 1. The predicted molar refractivity (Wildman–Crippen MR) is 139 cm³/mol. The molecule has 1 fully saturated rings. The Kier molecular flexibility index (Phi) is 6.77. The van der Waals surface area contributed by atoms with Crippen LogP contribution in [-0.4, -0.2) is 40.8 Å². The van der Waals surface area contributed by atoms with Gasteiger partial charge in [0.15, 0.2) is 6.61 Å². The molecule has 0 radical (unpaired) electrons. The van der Waals surface area contributed by atoms with E-state index in [0.29, 0.717) is 18.8 Å². The predicted octanol–water partition coefficient (Wildman–Crippen LogP) is 4.80. The highest BCUT2D eigenvalue weighted by Crippen LogP contribution is 2.31. The number of benzene rings is 3. The van der Waals surface area contributed by atoms with Gasteiger partial charge in [0.2, 0.25) is 5.91 Å². The third kappa shape index (κ3) is 5.44. The average molecular weight is 500 g/mol. The molecule has 0 aliphatic carbocycles. The van der Waals surface area contributed by atoms with E-state index < -0.39 is 24.4 Å². The van der Waals surface area contributed by atoms with E-state index >= 15 is 0 Å². The maximum absolute atomic E-state index is 12.5. The third-order valence-electron chi connectivity index (χ3n) is 6.07. The number of aryl methyl sites for hydroxylation is 1. The van der Waals surface area contributed by atoms with E-state index in [1.54, 1.807) is 28.4 Å². The molecule has 36 heavy (non-hydrogen) atoms. The zero-order chi connectivity index (χ0) is 25.1. The zero-order valence-electron chi connectivity index (χ0n) is 19.8. The van der Waals surface area contributed by atoms with Gasteiger partial charge in [0, 0.05) is 30.8 Å². The van der Waals surface area contributed by atoms with Crippen LogP contribution in [0, 0.1) is 12.8 Å². The largest absolute Gasteiger partial charge is 0.455 e. The summed E-state index contributed by atoms with van der Waals surface area (Å²) in [6.45, 7) is 2.40. The summed E-state index contributed by atoms with van der Waals surface area (Å²) < 4.78 is 6.34. The standard InChI is InChI=1S/C28H25N3O4S/c1-18-7-12-23-24(13-18)36-27(30-23)20-8-10-22(11-9-20)29-25(32)17-35-28(34)21-14-26(33)31(16-21)15-19-5-3-2-4-6-19/h2-13,21H,14-17H2,1H3,(H,29,32). The van der Waals surface area contributed by atoms with Crippen molar-refractivity contribution in [2.24, 2.45) is 5.92 Å². The van der Waals surface area contributed by atoms with Crippen LogP contribution < -0.4 is 5.32 Å². The Hall–Kier alpha value is -4.04. The van der Waals surface area contributed by atoms with Gasteiger partial charge in [0.25, 0.3) is 5.91 Å². The first kappa shape index (κ1) is 23.7. The van der Waals surface area contributed by atoms with Crippen LogP contribution in [0.2, 0.25) is 0 Å². The average Bonchev–Trinajstić information content (AvgIpc) is 3.46. The van der Waals surface area contributed by atoms with Gasteiger partial charge in [-0.05, 0) is 54.4 Å². The topological polar surface area (TPSA) is 88.6 Å². The first-order valence-corrected chi connectivity index (χ1v) is 12.5. The smallest absolute Gasteiger partial charge is 0.311 e. The number of likely N-dealkylation sites (tertiary alicyclic amines) is 1. The molecule has 0 spiro atoms. The van der Waals surface area contributed by atoms with Gasteiger partial charge < -0.3 is 15.0 Å². The molecule has 1 unspecified atom stereocenters. The Bertz CT molecular complexity index is 1420. The minimum atomic E-state index is -0.564. The van der Waals surface area contributed by atoms with Crippen molar-refractivity contribution < 1.29 is 19.1 Å². The Morgan fingerprint density at radius 3 is 2.64 bits per heavy atom. The van der Waals surface area contributed by atoms with Gasteiger partial charge in [-0.2, -0.15) is 0 Å². The van der Waals surface area contributed by atoms with Crippen LogP contribution >= 0.6 is 11.3 Å². The number of fused-ring (bicyclic) bond motifs is 1. The number of hydrogen-bond acceptors (Lipinski definition) is 6. The van der Waals surface area contributed by atoms with E-state index in [1.807, 2.05) is 54.6 Å². The number of rotatable bonds is 7. The van der Waals surface area contributed by atoms with Crippen molar-refractivity contribution in [3.63, 3.8) is 0 Å². The van der Waals surface area contributed by atoms with E-state index in [4.69, 9.17) is 4.74 Å². The molecule has 8 heteroatoms. The second kappa shape index (κ2) is 10.3. The first-order chi connectivity index (χ1) is 17.4. The molecule has 3 aromatic carbocycles. The van der Waals surface area contributed by atoms with Crippen LogP contribution in [0.15, 0.2) is 72.8 Å². The van der Waals surface area contributed by atoms with Crippen LogP contribution in [0.1, 0.15) is 17.5 Å². The van der Waals surface area contributed by atoms with E-state index in [-0.39, 0.29) is 12.3 Å². The molecule has 1 aromatic heterocycles. The lowest BCUT2D eigenvalue weighted by molar-refractivity contribution is -0.151. The number of hydrogen-bond donors (Lipinski definition) is 1. The summed E-state index contributed by atoms with van der Waals surface area (Å²) in [5, 5.41) is 3.65. The molecule has 182 valence electrons. The number of thiazole rings is 1. The summed E-state index contributed by atoms with van der Waals surface area (Å²) >= 11 is 1.62. The molecule has 4 aromatic rings. The molecule has 1 aliphatic rings. The molecular weight excluding hydrogens is 474 g/mol. The van der Waals surface area contributed by atoms with Crippen LogP contribution in [0.4, 0.5) is 5.69 Å². The number of anilines is 1. The van der Waals surface area contributed by atoms with Gasteiger partial charge in [0.05, 0.1) is 16.1 Å². The van der Waals surface area contributed by atoms with Crippen LogP contribution in [0.25, 0.3) is 20.8 Å². The van der Waals surface area contributed by atoms with Gasteiger partial charge in [-0.3, -0.25) is 14.4 Å². The third-order valence-corrected chi connectivity index (χ3v) is 7.14. The number of aromatic nitrogens is 1. The fourth-order valence-corrected chi connectivity index (χ4v) is 5.26. The van der Waals surface area contributed by atoms with Gasteiger partial charge in [0.1, 0.15) is 5.01 Å². The molecule has 1 atom stereocenters. The number of carbonyl (C=O) groups excluding carboxylic acids is 3. The molecule has 2 amide bonds. The highest BCUT2D eigenvalue weighted by atomic mass is 32.1.